The third kappa shape index (κ3) is 3.61. The van der Waals surface area contributed by atoms with Crippen molar-refractivity contribution in [3.05, 3.63) is 64.8 Å². The number of carbonyl (C=O) groups excluding carboxylic acids is 2. The van der Waals surface area contributed by atoms with Gasteiger partial charge < -0.3 is 18.5 Å². The Morgan fingerprint density at radius 1 is 1.15 bits per heavy atom. The number of nitrogens with zero attached hydrogens (tertiary/aromatic N) is 1. The highest BCUT2D eigenvalue weighted by molar-refractivity contribution is 6.42. The minimum atomic E-state index is -1.09. The first-order valence-electron chi connectivity index (χ1n) is 7.60. The summed E-state index contributed by atoms with van der Waals surface area (Å²) in [6, 6.07) is 8.61. The van der Waals surface area contributed by atoms with Crippen LogP contribution in [0.5, 0.6) is 0 Å². The zero-order chi connectivity index (χ0) is 18.7. The number of aromatic nitrogens is 1. The zero-order valence-electron chi connectivity index (χ0n) is 13.6. The first kappa shape index (κ1) is 18.1. The second-order valence-corrected chi connectivity index (χ2v) is 5.93. The van der Waals surface area contributed by atoms with Crippen molar-refractivity contribution in [1.29, 1.82) is 0 Å². The van der Waals surface area contributed by atoms with Gasteiger partial charge in [-0.05, 0) is 36.8 Å². The van der Waals surface area contributed by atoms with Crippen molar-refractivity contribution in [2.24, 2.45) is 0 Å². The summed E-state index contributed by atoms with van der Waals surface area (Å²) in [5.74, 6) is -1.10. The molecule has 0 radical (unpaired) electrons. The third-order valence-electron chi connectivity index (χ3n) is 3.48. The van der Waals surface area contributed by atoms with Crippen LogP contribution in [-0.4, -0.2) is 23.3 Å². The van der Waals surface area contributed by atoms with E-state index in [4.69, 9.17) is 27.6 Å². The molecule has 0 spiro atoms. The lowest BCUT2D eigenvalue weighted by atomic mass is 10.1. The second kappa shape index (κ2) is 7.68. The molecular weight excluding hydrogens is 381 g/mol. The van der Waals surface area contributed by atoms with Gasteiger partial charge in [-0.1, -0.05) is 29.3 Å². The normalized spacial score (nSPS) is 10.6. The lowest BCUT2D eigenvalue weighted by molar-refractivity contribution is 0.0373. The number of rotatable bonds is 4. The molecule has 3 aromatic rings. The molecule has 0 aliphatic heterocycles. The summed E-state index contributed by atoms with van der Waals surface area (Å²) in [4.78, 5) is 23.8. The zero-order valence-corrected chi connectivity index (χ0v) is 15.1. The highest BCUT2D eigenvalue weighted by atomic mass is 35.5. The standard InChI is InChI=1S/C18H13Cl2NO5/c1-2-24-18(23)26-17(22)16-15(21-7-3-4-8-21)12(10-25-16)11-5-6-13(19)14(20)9-11/h3-10H,2H2,1H3. The fourth-order valence-corrected chi connectivity index (χ4v) is 2.67. The van der Waals surface area contributed by atoms with Crippen LogP contribution in [0.25, 0.3) is 16.8 Å². The van der Waals surface area contributed by atoms with Crippen molar-refractivity contribution in [2.75, 3.05) is 6.61 Å². The van der Waals surface area contributed by atoms with Crippen LogP contribution in [0.4, 0.5) is 4.79 Å². The number of ether oxygens (including phenoxy) is 2. The van der Waals surface area contributed by atoms with Crippen molar-refractivity contribution in [3.8, 4) is 16.8 Å². The average molecular weight is 394 g/mol. The Labute approximate surface area is 158 Å². The molecule has 6 nitrogen and oxygen atoms in total. The second-order valence-electron chi connectivity index (χ2n) is 5.12. The molecule has 134 valence electrons. The first-order valence-corrected chi connectivity index (χ1v) is 8.36. The van der Waals surface area contributed by atoms with E-state index in [2.05, 4.69) is 9.47 Å². The van der Waals surface area contributed by atoms with E-state index >= 15 is 0 Å². The van der Waals surface area contributed by atoms with Crippen molar-refractivity contribution in [2.45, 2.75) is 6.92 Å². The van der Waals surface area contributed by atoms with Crippen LogP contribution in [0, 0.1) is 0 Å². The summed E-state index contributed by atoms with van der Waals surface area (Å²) in [6.07, 6.45) is 3.75. The van der Waals surface area contributed by atoms with Gasteiger partial charge in [-0.25, -0.2) is 9.59 Å². The summed E-state index contributed by atoms with van der Waals surface area (Å²) in [5.41, 5.74) is 1.67. The number of hydrogen-bond acceptors (Lipinski definition) is 5. The molecule has 0 bridgehead atoms. The van der Waals surface area contributed by atoms with Gasteiger partial charge in [-0.3, -0.25) is 0 Å². The Morgan fingerprint density at radius 2 is 1.88 bits per heavy atom. The highest BCUT2D eigenvalue weighted by Crippen LogP contribution is 2.35. The fraction of sp³-hybridized carbons (Fsp3) is 0.111. The maximum Gasteiger partial charge on any atom is 0.516 e. The van der Waals surface area contributed by atoms with Crippen LogP contribution in [0.2, 0.25) is 10.0 Å². The lowest BCUT2D eigenvalue weighted by Gasteiger charge is -2.08. The van der Waals surface area contributed by atoms with Crippen molar-refractivity contribution in [1.82, 2.24) is 4.57 Å². The van der Waals surface area contributed by atoms with Gasteiger partial charge in [0.25, 0.3) is 0 Å². The van der Waals surface area contributed by atoms with Crippen LogP contribution < -0.4 is 0 Å². The molecule has 0 saturated heterocycles. The van der Waals surface area contributed by atoms with E-state index in [1.165, 1.54) is 6.26 Å². The largest absolute Gasteiger partial charge is 0.516 e. The Bertz CT molecular complexity index is 947. The molecule has 2 heterocycles. The minimum absolute atomic E-state index is 0.0866. The lowest BCUT2D eigenvalue weighted by Crippen LogP contribution is -2.15. The quantitative estimate of drug-likeness (QED) is 0.440. The molecule has 1 aromatic carbocycles. The summed E-state index contributed by atoms with van der Waals surface area (Å²) in [6.45, 7) is 1.69. The van der Waals surface area contributed by atoms with E-state index in [-0.39, 0.29) is 12.4 Å². The van der Waals surface area contributed by atoms with Crippen LogP contribution in [0.3, 0.4) is 0 Å². The Morgan fingerprint density at radius 3 is 2.54 bits per heavy atom. The van der Waals surface area contributed by atoms with Crippen molar-refractivity contribution < 1.29 is 23.5 Å². The smallest absolute Gasteiger partial charge is 0.455 e. The van der Waals surface area contributed by atoms with Crippen LogP contribution in [0.1, 0.15) is 17.5 Å². The Kier molecular flexibility index (Phi) is 5.35. The van der Waals surface area contributed by atoms with E-state index in [0.29, 0.717) is 26.9 Å². The number of halogens is 2. The Hall–Kier alpha value is -2.70. The molecule has 3 rings (SSSR count). The summed E-state index contributed by atoms with van der Waals surface area (Å²) in [5, 5.41) is 0.767. The average Bonchev–Trinajstić information content (AvgIpc) is 3.26. The number of furan rings is 1. The van der Waals surface area contributed by atoms with E-state index < -0.39 is 12.1 Å². The molecule has 0 unspecified atom stereocenters. The van der Waals surface area contributed by atoms with Gasteiger partial charge in [-0.2, -0.15) is 0 Å². The molecule has 0 N–H and O–H groups in total. The molecule has 2 aromatic heterocycles. The van der Waals surface area contributed by atoms with E-state index in [0.717, 1.165) is 0 Å². The number of esters is 1. The van der Waals surface area contributed by atoms with Gasteiger partial charge in [-0.15, -0.1) is 0 Å². The van der Waals surface area contributed by atoms with Gasteiger partial charge in [0.15, 0.2) is 0 Å². The maximum absolute atomic E-state index is 12.3. The topological polar surface area (TPSA) is 70.7 Å². The first-order chi connectivity index (χ1) is 12.5. The summed E-state index contributed by atoms with van der Waals surface area (Å²) >= 11 is 12.1. The molecule has 0 aliphatic carbocycles. The molecular formula is C18H13Cl2NO5. The minimum Gasteiger partial charge on any atom is -0.455 e. The molecule has 0 amide bonds. The predicted octanol–water partition coefficient (Wildman–Crippen LogP) is 5.36. The monoisotopic (exact) mass is 393 g/mol. The van der Waals surface area contributed by atoms with Crippen LogP contribution in [-0.2, 0) is 9.47 Å². The fourth-order valence-electron chi connectivity index (χ4n) is 2.37. The third-order valence-corrected chi connectivity index (χ3v) is 4.22. The van der Waals surface area contributed by atoms with Gasteiger partial charge in [0, 0.05) is 18.0 Å². The number of carbonyl (C=O) groups is 2. The maximum atomic E-state index is 12.3. The van der Waals surface area contributed by atoms with E-state index in [1.807, 2.05) is 0 Å². The molecule has 0 atom stereocenters. The number of benzene rings is 1. The highest BCUT2D eigenvalue weighted by Gasteiger charge is 2.26. The van der Waals surface area contributed by atoms with Gasteiger partial charge in [0.1, 0.15) is 12.0 Å². The van der Waals surface area contributed by atoms with Crippen LogP contribution >= 0.6 is 23.2 Å². The molecule has 8 heteroatoms. The van der Waals surface area contributed by atoms with Crippen molar-refractivity contribution in [3.63, 3.8) is 0 Å². The van der Waals surface area contributed by atoms with Crippen LogP contribution in [0.15, 0.2) is 53.4 Å². The molecule has 0 saturated carbocycles. The predicted molar refractivity (Wildman–Crippen MR) is 95.9 cm³/mol. The van der Waals surface area contributed by atoms with Crippen molar-refractivity contribution >= 4 is 35.3 Å². The number of hydrogen-bond donors (Lipinski definition) is 0. The SMILES string of the molecule is CCOC(=O)OC(=O)c1occ(-c2ccc(Cl)c(Cl)c2)c1-n1cccc1. The Balaban J connectivity index is 2.06. The van der Waals surface area contributed by atoms with Gasteiger partial charge in [0.05, 0.1) is 16.7 Å². The molecule has 0 aliphatic rings. The van der Waals surface area contributed by atoms with E-state index in [9.17, 15) is 9.59 Å². The van der Waals surface area contributed by atoms with Gasteiger partial charge in [0.2, 0.25) is 5.76 Å². The van der Waals surface area contributed by atoms with E-state index in [1.54, 1.807) is 54.2 Å². The van der Waals surface area contributed by atoms with Gasteiger partial charge >= 0.3 is 12.1 Å². The molecule has 0 fully saturated rings. The summed E-state index contributed by atoms with van der Waals surface area (Å²) < 4.78 is 16.4. The molecule has 26 heavy (non-hydrogen) atoms. The summed E-state index contributed by atoms with van der Waals surface area (Å²) in [7, 11) is 0.